The summed E-state index contributed by atoms with van der Waals surface area (Å²) < 4.78 is 78.7. The molecule has 0 atom stereocenters. The number of esters is 4. The van der Waals surface area contributed by atoms with Gasteiger partial charge in [0.25, 0.3) is 0 Å². The van der Waals surface area contributed by atoms with Crippen molar-refractivity contribution in [2.75, 3.05) is 26.4 Å². The fourth-order valence-electron chi connectivity index (χ4n) is 13.0. The van der Waals surface area contributed by atoms with Crippen LogP contribution < -0.4 is 58.6 Å². The Morgan fingerprint density at radius 2 is 0.380 bits per heavy atom. The van der Waals surface area contributed by atoms with Gasteiger partial charge in [0.05, 0.1) is 48.7 Å². The second kappa shape index (κ2) is 43.1. The molecule has 1 heterocycles. The van der Waals surface area contributed by atoms with E-state index in [1.54, 1.807) is 146 Å². The van der Waals surface area contributed by atoms with E-state index in [-0.39, 0.29) is 22.3 Å². The fraction of sp³-hybridized carbons (Fsp3) is 0.409. The lowest BCUT2D eigenvalue weighted by molar-refractivity contribution is 0.0725. The molecule has 0 bridgehead atoms. The Balaban J connectivity index is 1.00. The monoisotopic (exact) mass is 1540 g/mol. The lowest BCUT2D eigenvalue weighted by atomic mass is 10.1. The van der Waals surface area contributed by atoms with E-state index in [9.17, 15) is 19.2 Å². The van der Waals surface area contributed by atoms with Gasteiger partial charge in [-0.25, -0.2) is 19.2 Å². The molecule has 1 aliphatic heterocycles. The molecule has 576 valence electrons. The molecule has 0 N–H and O–H groups in total. The van der Waals surface area contributed by atoms with Crippen LogP contribution in [0.15, 0.2) is 194 Å². The van der Waals surface area contributed by atoms with Gasteiger partial charge >= 0.3 is 58.1 Å². The zero-order valence-electron chi connectivity index (χ0n) is 64.8. The van der Waals surface area contributed by atoms with E-state index in [0.29, 0.717) is 93.2 Å². The first-order valence-corrected chi connectivity index (χ1v) is 48.7. The van der Waals surface area contributed by atoms with Gasteiger partial charge in [-0.3, -0.25) is 0 Å². The Hall–Kier alpha value is -8.45. The molecule has 108 heavy (non-hydrogen) atoms. The van der Waals surface area contributed by atoms with E-state index in [2.05, 4.69) is 27.7 Å². The summed E-state index contributed by atoms with van der Waals surface area (Å²) in [6, 6.07) is 56.3. The van der Waals surface area contributed by atoms with Gasteiger partial charge in [0.2, 0.25) is 0 Å². The normalized spacial score (nSPS) is 17.7. The number of carbonyl (C=O) groups is 4. The molecule has 0 spiro atoms. The highest BCUT2D eigenvalue weighted by Crippen LogP contribution is 2.34. The third-order valence-electron chi connectivity index (χ3n) is 19.3. The van der Waals surface area contributed by atoms with Crippen LogP contribution in [0.2, 0.25) is 26.2 Å². The maximum Gasteiger partial charge on any atom is 0.352 e. The summed E-state index contributed by atoms with van der Waals surface area (Å²) >= 11 is 0. The van der Waals surface area contributed by atoms with Gasteiger partial charge in [0, 0.05) is 0 Å². The highest BCUT2D eigenvalue weighted by molar-refractivity contribution is 7.05. The summed E-state index contributed by atoms with van der Waals surface area (Å²) in [6.45, 7) is 19.1. The largest absolute Gasteiger partial charge is 0.494 e. The minimum Gasteiger partial charge on any atom is -0.494 e. The molecule has 0 aliphatic carbocycles. The third kappa shape index (κ3) is 25.9. The minimum atomic E-state index is -3.90. The number of unbranched alkanes of at least 4 members (excludes halogenated alkanes) is 20. The van der Waals surface area contributed by atoms with Crippen LogP contribution >= 0.6 is 0 Å². The summed E-state index contributed by atoms with van der Waals surface area (Å²) in [5.41, 5.74) is 1.16. The number of rotatable bonds is 44. The zero-order chi connectivity index (χ0) is 76.5. The summed E-state index contributed by atoms with van der Waals surface area (Å²) in [5.74, 6) is 2.00. The fourth-order valence-corrected chi connectivity index (χ4v) is 34.0. The van der Waals surface area contributed by atoms with Crippen molar-refractivity contribution in [3.8, 4) is 46.0 Å². The standard InChI is InChI=1S/C88H112O16Si4/c1-9-13-17-21-25-29-65-93-73-41-49-77(50-42-73)97-85(89)69-33-57-81(58-34-69)105(5)101-106(6,82-59-35-70(36-60-82)86(90)98-78-51-43-74(44-52-78)94-66-30-26-22-18-14-10-2)103-108(8,84-63-39-72(40-64-84)88(92)100-80-55-47-76(48-56-80)96-68-32-28-24-20-16-12-4)104-107(7,102-105)83-61-37-71(38-62-83)87(91)99-79-53-45-75(46-54-79)95-67-31-27-23-19-15-11-3/h33-64H,9-32,65-68H2,1-8H3. The van der Waals surface area contributed by atoms with Gasteiger partial charge in [0.15, 0.2) is 0 Å². The molecule has 1 fully saturated rings. The van der Waals surface area contributed by atoms with Gasteiger partial charge in [-0.05, 0) is 218 Å². The molecule has 8 aromatic carbocycles. The lowest BCUT2D eigenvalue weighted by Crippen LogP contribution is -2.77. The van der Waals surface area contributed by atoms with Crippen molar-refractivity contribution in [3.63, 3.8) is 0 Å². The summed E-state index contributed by atoms with van der Waals surface area (Å²) in [5, 5.41) is 2.60. The Morgan fingerprint density at radius 1 is 0.222 bits per heavy atom. The topological polar surface area (TPSA) is 179 Å². The van der Waals surface area contributed by atoms with Gasteiger partial charge in [0.1, 0.15) is 46.0 Å². The first kappa shape index (κ1) is 83.6. The molecule has 0 radical (unpaired) electrons. The number of benzene rings is 8. The summed E-state index contributed by atoms with van der Waals surface area (Å²) in [7, 11) is -15.6. The number of hydrogen-bond donors (Lipinski definition) is 0. The summed E-state index contributed by atoms with van der Waals surface area (Å²) in [4.78, 5) is 55.9. The summed E-state index contributed by atoms with van der Waals surface area (Å²) in [6.07, 6.45) is 27.9. The van der Waals surface area contributed by atoms with E-state index in [1.807, 2.05) is 74.7 Å². The zero-order valence-corrected chi connectivity index (χ0v) is 68.8. The molecule has 16 nitrogen and oxygen atoms in total. The average Bonchev–Trinajstić information content (AvgIpc) is 0.729. The van der Waals surface area contributed by atoms with Crippen molar-refractivity contribution < 1.29 is 73.5 Å². The van der Waals surface area contributed by atoms with Crippen LogP contribution in [-0.2, 0) is 16.5 Å². The first-order valence-electron chi connectivity index (χ1n) is 39.5. The molecule has 1 aliphatic rings. The molecule has 1 saturated heterocycles. The molecule has 0 amide bonds. The predicted octanol–water partition coefficient (Wildman–Crippen LogP) is 19.8. The average molecular weight is 1540 g/mol. The van der Waals surface area contributed by atoms with Crippen molar-refractivity contribution in [1.29, 1.82) is 0 Å². The first-order chi connectivity index (χ1) is 52.4. The predicted molar refractivity (Wildman–Crippen MR) is 436 cm³/mol. The van der Waals surface area contributed by atoms with Crippen LogP contribution in [0.25, 0.3) is 0 Å². The molecular formula is C88H112O16Si4. The maximum absolute atomic E-state index is 14.0. The third-order valence-corrected chi connectivity index (χ3v) is 37.3. The SMILES string of the molecule is CCCCCCCCOc1ccc(OC(=O)c2ccc([Si]3(C)O[Si](C)(c4ccc(C(=O)Oc5ccc(OCCCCCCCC)cc5)cc4)O[Si](C)(c4ccc(C(=O)Oc5ccc(OCCCCCCCC)cc5)cc4)O[Si](C)(c4ccc(C(=O)Oc5ccc(OCCCCCCCC)cc5)cc4)O3)cc2)cc1. The number of ether oxygens (including phenoxy) is 8. The Bertz CT molecular complexity index is 3480. The van der Waals surface area contributed by atoms with Crippen LogP contribution in [0.4, 0.5) is 0 Å². The van der Waals surface area contributed by atoms with E-state index in [1.165, 1.54) is 103 Å². The van der Waals surface area contributed by atoms with Crippen molar-refractivity contribution in [2.24, 2.45) is 0 Å². The lowest BCUT2D eigenvalue weighted by Gasteiger charge is -2.50. The Morgan fingerprint density at radius 3 is 0.556 bits per heavy atom. The molecular weight excluding hydrogens is 1430 g/mol. The van der Waals surface area contributed by atoms with Crippen LogP contribution in [-0.4, -0.2) is 84.5 Å². The molecule has 9 rings (SSSR count). The number of hydrogen-bond acceptors (Lipinski definition) is 16. The van der Waals surface area contributed by atoms with Crippen LogP contribution in [0.3, 0.4) is 0 Å². The molecule has 0 saturated carbocycles. The van der Waals surface area contributed by atoms with Crippen LogP contribution in [0.1, 0.15) is 223 Å². The van der Waals surface area contributed by atoms with Gasteiger partial charge in [-0.1, -0.05) is 205 Å². The molecule has 20 heteroatoms. The Kier molecular flexibility index (Phi) is 33.3. The minimum absolute atomic E-state index is 0.289. The highest BCUT2D eigenvalue weighted by Gasteiger charge is 2.60. The maximum atomic E-state index is 14.0. The molecule has 0 unspecified atom stereocenters. The van der Waals surface area contributed by atoms with Crippen LogP contribution in [0.5, 0.6) is 46.0 Å². The van der Waals surface area contributed by atoms with E-state index in [0.717, 1.165) is 51.4 Å². The van der Waals surface area contributed by atoms with Gasteiger partial charge in [-0.15, -0.1) is 0 Å². The van der Waals surface area contributed by atoms with E-state index < -0.39 is 58.1 Å². The van der Waals surface area contributed by atoms with Crippen molar-refractivity contribution in [1.82, 2.24) is 0 Å². The van der Waals surface area contributed by atoms with Crippen LogP contribution in [0, 0.1) is 0 Å². The highest BCUT2D eigenvalue weighted by atomic mass is 28.5. The quantitative estimate of drug-likeness (QED) is 0.0152. The molecule has 0 aromatic heterocycles. The van der Waals surface area contributed by atoms with Gasteiger partial charge in [-0.2, -0.15) is 0 Å². The molecule has 8 aromatic rings. The van der Waals surface area contributed by atoms with Gasteiger partial charge < -0.3 is 54.4 Å². The second-order valence-electron chi connectivity index (χ2n) is 28.4. The Labute approximate surface area is 645 Å². The van der Waals surface area contributed by atoms with Crippen molar-refractivity contribution in [3.05, 3.63) is 216 Å². The number of carbonyl (C=O) groups excluding carboxylic acids is 4. The van der Waals surface area contributed by atoms with Crippen molar-refractivity contribution >= 4 is 78.9 Å². The second-order valence-corrected chi connectivity index (χ2v) is 41.6. The smallest absolute Gasteiger partial charge is 0.352 e. The van der Waals surface area contributed by atoms with E-state index >= 15 is 0 Å². The van der Waals surface area contributed by atoms with Crippen molar-refractivity contribution in [2.45, 2.75) is 208 Å². The van der Waals surface area contributed by atoms with E-state index in [4.69, 9.17) is 54.4 Å².